The molecule has 1 aromatic rings. The third-order valence-corrected chi connectivity index (χ3v) is 3.14. The van der Waals surface area contributed by atoms with Crippen LogP contribution in [0.2, 0.25) is 0 Å². The standard InChI is InChI=1S/C15H21F3/c1-9(2)13-10(3)7-11(14(4,5)6)8-12(13)15(16,17)18/h7-9H,1-6H3. The van der Waals surface area contributed by atoms with E-state index in [4.69, 9.17) is 0 Å². The summed E-state index contributed by atoms with van der Waals surface area (Å²) in [6.07, 6.45) is -4.29. The highest BCUT2D eigenvalue weighted by Crippen LogP contribution is 2.39. The highest BCUT2D eigenvalue weighted by Gasteiger charge is 2.36. The van der Waals surface area contributed by atoms with Crippen molar-refractivity contribution in [1.82, 2.24) is 0 Å². The topological polar surface area (TPSA) is 0 Å². The van der Waals surface area contributed by atoms with Crippen LogP contribution in [-0.2, 0) is 11.6 Å². The summed E-state index contributed by atoms with van der Waals surface area (Å²) in [7, 11) is 0. The van der Waals surface area contributed by atoms with E-state index in [2.05, 4.69) is 0 Å². The van der Waals surface area contributed by atoms with E-state index in [0.717, 1.165) is 11.1 Å². The fourth-order valence-corrected chi connectivity index (χ4v) is 2.23. The second kappa shape index (κ2) is 4.60. The Balaban J connectivity index is 3.58. The molecule has 0 heterocycles. The van der Waals surface area contributed by atoms with Gasteiger partial charge in [0.15, 0.2) is 0 Å². The van der Waals surface area contributed by atoms with Crippen molar-refractivity contribution >= 4 is 0 Å². The monoisotopic (exact) mass is 258 g/mol. The van der Waals surface area contributed by atoms with Gasteiger partial charge in [0, 0.05) is 0 Å². The van der Waals surface area contributed by atoms with E-state index in [1.54, 1.807) is 20.8 Å². The van der Waals surface area contributed by atoms with Crippen LogP contribution < -0.4 is 0 Å². The van der Waals surface area contributed by atoms with Crippen LogP contribution in [0.25, 0.3) is 0 Å². The SMILES string of the molecule is Cc1cc(C(C)(C)C)cc(C(F)(F)F)c1C(C)C. The van der Waals surface area contributed by atoms with E-state index in [0.29, 0.717) is 5.56 Å². The summed E-state index contributed by atoms with van der Waals surface area (Å²) in [6, 6.07) is 3.19. The van der Waals surface area contributed by atoms with Gasteiger partial charge in [0.1, 0.15) is 0 Å². The molecule has 0 aliphatic rings. The fourth-order valence-electron chi connectivity index (χ4n) is 2.23. The summed E-state index contributed by atoms with van der Waals surface area (Å²) in [5.74, 6) is -0.129. The van der Waals surface area contributed by atoms with Gasteiger partial charge in [-0.25, -0.2) is 0 Å². The van der Waals surface area contributed by atoms with E-state index < -0.39 is 11.7 Å². The average Bonchev–Trinajstić information content (AvgIpc) is 2.12. The van der Waals surface area contributed by atoms with Crippen molar-refractivity contribution in [1.29, 1.82) is 0 Å². The lowest BCUT2D eigenvalue weighted by atomic mass is 9.81. The maximum absolute atomic E-state index is 13.2. The first-order valence-corrected chi connectivity index (χ1v) is 6.17. The Morgan fingerprint density at radius 2 is 1.50 bits per heavy atom. The number of aryl methyl sites for hydroxylation is 1. The molecule has 0 aliphatic heterocycles. The van der Waals surface area contributed by atoms with Crippen LogP contribution in [0.4, 0.5) is 13.2 Å². The summed E-state index contributed by atoms with van der Waals surface area (Å²) in [5.41, 5.74) is 1.11. The summed E-state index contributed by atoms with van der Waals surface area (Å²) >= 11 is 0. The van der Waals surface area contributed by atoms with E-state index in [-0.39, 0.29) is 11.3 Å². The molecule has 0 aromatic heterocycles. The Morgan fingerprint density at radius 3 is 1.83 bits per heavy atom. The summed E-state index contributed by atoms with van der Waals surface area (Å²) in [4.78, 5) is 0. The molecule has 0 fully saturated rings. The van der Waals surface area contributed by atoms with Crippen LogP contribution in [0.5, 0.6) is 0 Å². The molecule has 0 saturated heterocycles. The molecule has 0 amide bonds. The van der Waals surface area contributed by atoms with Crippen molar-refractivity contribution in [3.63, 3.8) is 0 Å². The maximum Gasteiger partial charge on any atom is 0.416 e. The molecule has 0 aliphatic carbocycles. The van der Waals surface area contributed by atoms with Gasteiger partial charge in [0.05, 0.1) is 5.56 Å². The zero-order valence-corrected chi connectivity index (χ0v) is 11.9. The normalized spacial score (nSPS) is 13.2. The van der Waals surface area contributed by atoms with Crippen LogP contribution in [0.3, 0.4) is 0 Å². The minimum Gasteiger partial charge on any atom is -0.166 e. The van der Waals surface area contributed by atoms with E-state index in [1.165, 1.54) is 6.07 Å². The first-order valence-electron chi connectivity index (χ1n) is 6.17. The van der Waals surface area contributed by atoms with Crippen molar-refractivity contribution < 1.29 is 13.2 Å². The third kappa shape index (κ3) is 3.06. The van der Waals surface area contributed by atoms with Crippen molar-refractivity contribution in [2.75, 3.05) is 0 Å². The molecule has 0 nitrogen and oxygen atoms in total. The lowest BCUT2D eigenvalue weighted by molar-refractivity contribution is -0.138. The van der Waals surface area contributed by atoms with Crippen LogP contribution >= 0.6 is 0 Å². The smallest absolute Gasteiger partial charge is 0.166 e. The zero-order chi connectivity index (χ0) is 14.3. The van der Waals surface area contributed by atoms with Crippen molar-refractivity contribution in [2.24, 2.45) is 0 Å². The maximum atomic E-state index is 13.2. The number of alkyl halides is 3. The Hall–Kier alpha value is -0.990. The molecule has 0 atom stereocenters. The second-order valence-corrected chi connectivity index (χ2v) is 6.16. The van der Waals surface area contributed by atoms with Gasteiger partial charge in [-0.05, 0) is 41.0 Å². The summed E-state index contributed by atoms with van der Waals surface area (Å²) < 4.78 is 39.5. The minimum atomic E-state index is -4.29. The quantitative estimate of drug-likeness (QED) is 0.629. The zero-order valence-electron chi connectivity index (χ0n) is 11.9. The highest BCUT2D eigenvalue weighted by atomic mass is 19.4. The lowest BCUT2D eigenvalue weighted by Gasteiger charge is -2.25. The molecule has 0 spiro atoms. The number of rotatable bonds is 1. The predicted molar refractivity (Wildman–Crippen MR) is 69.0 cm³/mol. The Kier molecular flexibility index (Phi) is 3.85. The molecule has 0 N–H and O–H groups in total. The molecule has 0 bridgehead atoms. The molecular formula is C15H21F3. The molecule has 3 heteroatoms. The lowest BCUT2D eigenvalue weighted by Crippen LogP contribution is -2.17. The molecule has 0 unspecified atom stereocenters. The average molecular weight is 258 g/mol. The van der Waals surface area contributed by atoms with Gasteiger partial charge in [0.25, 0.3) is 0 Å². The van der Waals surface area contributed by atoms with Gasteiger partial charge in [-0.3, -0.25) is 0 Å². The van der Waals surface area contributed by atoms with E-state index >= 15 is 0 Å². The first kappa shape index (κ1) is 15.1. The first-order chi connectivity index (χ1) is 7.94. The predicted octanol–water partition coefficient (Wildman–Crippen LogP) is 5.43. The van der Waals surface area contributed by atoms with Gasteiger partial charge in [0.2, 0.25) is 0 Å². The largest absolute Gasteiger partial charge is 0.416 e. The molecule has 0 radical (unpaired) electrons. The van der Waals surface area contributed by atoms with E-state index in [9.17, 15) is 13.2 Å². The van der Waals surface area contributed by atoms with Gasteiger partial charge < -0.3 is 0 Å². The van der Waals surface area contributed by atoms with Crippen LogP contribution in [0.15, 0.2) is 12.1 Å². The van der Waals surface area contributed by atoms with Crippen molar-refractivity contribution in [3.05, 3.63) is 34.4 Å². The highest BCUT2D eigenvalue weighted by molar-refractivity contribution is 5.44. The Morgan fingerprint density at radius 1 is 1.00 bits per heavy atom. The molecule has 1 rings (SSSR count). The molecule has 0 saturated carbocycles. The third-order valence-electron chi connectivity index (χ3n) is 3.14. The molecule has 1 aromatic carbocycles. The van der Waals surface area contributed by atoms with Gasteiger partial charge >= 0.3 is 6.18 Å². The summed E-state index contributed by atoms with van der Waals surface area (Å²) in [6.45, 7) is 11.1. The minimum absolute atomic E-state index is 0.129. The van der Waals surface area contributed by atoms with Gasteiger partial charge in [-0.1, -0.05) is 40.7 Å². The van der Waals surface area contributed by atoms with Gasteiger partial charge in [-0.15, -0.1) is 0 Å². The molecular weight excluding hydrogens is 237 g/mol. The number of hydrogen-bond donors (Lipinski definition) is 0. The van der Waals surface area contributed by atoms with Crippen molar-refractivity contribution in [2.45, 2.75) is 59.1 Å². The summed E-state index contributed by atoms with van der Waals surface area (Å²) in [5, 5.41) is 0. The van der Waals surface area contributed by atoms with Gasteiger partial charge in [-0.2, -0.15) is 13.2 Å². The van der Waals surface area contributed by atoms with Crippen molar-refractivity contribution in [3.8, 4) is 0 Å². The second-order valence-electron chi connectivity index (χ2n) is 6.16. The van der Waals surface area contributed by atoms with Crippen LogP contribution in [-0.4, -0.2) is 0 Å². The van der Waals surface area contributed by atoms with E-state index in [1.807, 2.05) is 26.8 Å². The molecule has 18 heavy (non-hydrogen) atoms. The fraction of sp³-hybridized carbons (Fsp3) is 0.600. The number of benzene rings is 1. The Labute approximate surface area is 107 Å². The number of halogens is 3. The number of hydrogen-bond acceptors (Lipinski definition) is 0. The van der Waals surface area contributed by atoms with Crippen LogP contribution in [0.1, 0.15) is 62.8 Å². The Bertz CT molecular complexity index is 434. The molecule has 102 valence electrons. The van der Waals surface area contributed by atoms with Crippen LogP contribution in [0, 0.1) is 6.92 Å².